The predicted octanol–water partition coefficient (Wildman–Crippen LogP) is 6.08. The van der Waals surface area contributed by atoms with E-state index in [4.69, 9.17) is 4.98 Å². The van der Waals surface area contributed by atoms with Crippen molar-refractivity contribution in [3.8, 4) is 22.5 Å². The number of aromatic nitrogens is 2. The fourth-order valence-corrected chi connectivity index (χ4v) is 5.37. The molecule has 0 bridgehead atoms. The lowest BCUT2D eigenvalue weighted by Gasteiger charge is -2.17. The van der Waals surface area contributed by atoms with Gasteiger partial charge in [0.25, 0.3) is 0 Å². The fraction of sp³-hybridized carbons (Fsp3) is 0.310. The van der Waals surface area contributed by atoms with Gasteiger partial charge in [0.05, 0.1) is 11.0 Å². The molecule has 2 heterocycles. The Hall–Kier alpha value is -3.47. The van der Waals surface area contributed by atoms with Crippen LogP contribution in [0.4, 0.5) is 4.39 Å². The van der Waals surface area contributed by atoms with Gasteiger partial charge in [-0.2, -0.15) is 0 Å². The maximum absolute atomic E-state index is 13.3. The molecular formula is C29H28FN3O. The van der Waals surface area contributed by atoms with Crippen molar-refractivity contribution < 1.29 is 9.18 Å². The molecule has 1 aliphatic heterocycles. The number of benzene rings is 3. The maximum Gasteiger partial charge on any atom is 0.225 e. The highest BCUT2D eigenvalue weighted by atomic mass is 19.1. The summed E-state index contributed by atoms with van der Waals surface area (Å²) < 4.78 is 15.4. The number of aryl methyl sites for hydroxylation is 2. The van der Waals surface area contributed by atoms with E-state index < -0.39 is 0 Å². The molecule has 3 aromatic carbocycles. The highest BCUT2D eigenvalue weighted by Gasteiger charge is 2.37. The fourth-order valence-electron chi connectivity index (χ4n) is 5.37. The van der Waals surface area contributed by atoms with Crippen LogP contribution in [0.25, 0.3) is 33.5 Å². The van der Waals surface area contributed by atoms with Gasteiger partial charge in [0.1, 0.15) is 11.6 Å². The number of hydrogen-bond donors (Lipinski definition) is 0. The summed E-state index contributed by atoms with van der Waals surface area (Å²) in [4.78, 5) is 19.6. The van der Waals surface area contributed by atoms with Crippen molar-refractivity contribution in [3.05, 3.63) is 77.6 Å². The van der Waals surface area contributed by atoms with Gasteiger partial charge in [-0.1, -0.05) is 42.5 Å². The van der Waals surface area contributed by atoms with Gasteiger partial charge in [-0.15, -0.1) is 0 Å². The van der Waals surface area contributed by atoms with Crippen LogP contribution in [0.2, 0.25) is 0 Å². The standard InChI is InChI=1S/C29H28FN3O/c1-18-25(23-15-16-33(17-23)29(34)22-7-8-22)13-14-26-27(18)31-28(32(26)2)21-5-3-19(4-6-21)20-9-11-24(30)12-10-20/h3-6,9-14,22-23H,7-8,15-17H2,1-2H3. The molecule has 1 unspecified atom stereocenters. The second-order valence-electron chi connectivity index (χ2n) is 9.77. The monoisotopic (exact) mass is 453 g/mol. The summed E-state index contributed by atoms with van der Waals surface area (Å²) in [7, 11) is 2.06. The molecule has 1 atom stereocenters. The molecule has 0 N–H and O–H groups in total. The van der Waals surface area contributed by atoms with Crippen molar-refractivity contribution in [1.82, 2.24) is 14.5 Å². The highest BCUT2D eigenvalue weighted by Crippen LogP contribution is 2.37. The number of rotatable bonds is 4. The molecule has 4 aromatic rings. The minimum absolute atomic E-state index is 0.227. The first kappa shape index (κ1) is 21.1. The minimum Gasteiger partial charge on any atom is -0.342 e. The number of carbonyl (C=O) groups is 1. The lowest BCUT2D eigenvalue weighted by atomic mass is 9.93. The van der Waals surface area contributed by atoms with Gasteiger partial charge in [0, 0.05) is 37.5 Å². The third kappa shape index (κ3) is 3.60. The summed E-state index contributed by atoms with van der Waals surface area (Å²) in [5.41, 5.74) is 7.76. The summed E-state index contributed by atoms with van der Waals surface area (Å²) in [6, 6.07) is 19.3. The Kier molecular flexibility index (Phi) is 5.01. The molecule has 2 aliphatic rings. The van der Waals surface area contributed by atoms with Crippen LogP contribution in [-0.2, 0) is 11.8 Å². The molecule has 4 nitrogen and oxygen atoms in total. The Labute approximate surface area is 199 Å². The normalized spacial score (nSPS) is 18.1. The molecule has 5 heteroatoms. The van der Waals surface area contributed by atoms with Crippen LogP contribution in [-0.4, -0.2) is 33.4 Å². The molecule has 172 valence electrons. The van der Waals surface area contributed by atoms with Crippen molar-refractivity contribution in [2.75, 3.05) is 13.1 Å². The van der Waals surface area contributed by atoms with E-state index in [1.807, 2.05) is 0 Å². The van der Waals surface area contributed by atoms with Crippen molar-refractivity contribution in [2.24, 2.45) is 13.0 Å². The molecule has 0 radical (unpaired) electrons. The van der Waals surface area contributed by atoms with Gasteiger partial charge < -0.3 is 9.47 Å². The second kappa shape index (κ2) is 8.08. The number of carbonyl (C=O) groups excluding carboxylic acids is 1. The molecule has 1 aliphatic carbocycles. The maximum atomic E-state index is 13.3. The van der Waals surface area contributed by atoms with Crippen molar-refractivity contribution >= 4 is 16.9 Å². The second-order valence-corrected chi connectivity index (χ2v) is 9.77. The Morgan fingerprint density at radius 3 is 2.24 bits per heavy atom. The highest BCUT2D eigenvalue weighted by molar-refractivity contribution is 5.85. The first-order valence-electron chi connectivity index (χ1n) is 12.1. The van der Waals surface area contributed by atoms with Crippen molar-refractivity contribution in [3.63, 3.8) is 0 Å². The van der Waals surface area contributed by atoms with E-state index in [9.17, 15) is 9.18 Å². The van der Waals surface area contributed by atoms with Crippen LogP contribution in [0, 0.1) is 18.7 Å². The number of amides is 1. The van der Waals surface area contributed by atoms with E-state index in [0.29, 0.717) is 11.8 Å². The van der Waals surface area contributed by atoms with E-state index in [2.05, 4.69) is 59.8 Å². The average molecular weight is 454 g/mol. The lowest BCUT2D eigenvalue weighted by Crippen LogP contribution is -2.29. The molecule has 1 saturated heterocycles. The van der Waals surface area contributed by atoms with Gasteiger partial charge in [-0.3, -0.25) is 4.79 Å². The number of imidazole rings is 1. The van der Waals surface area contributed by atoms with Gasteiger partial charge in [-0.25, -0.2) is 9.37 Å². The van der Waals surface area contributed by atoms with E-state index in [1.165, 1.54) is 23.3 Å². The lowest BCUT2D eigenvalue weighted by molar-refractivity contribution is -0.131. The molecule has 1 saturated carbocycles. The topological polar surface area (TPSA) is 38.1 Å². The van der Waals surface area contributed by atoms with E-state index in [-0.39, 0.29) is 11.7 Å². The van der Waals surface area contributed by atoms with E-state index in [1.54, 1.807) is 12.1 Å². The number of fused-ring (bicyclic) bond motifs is 1. The van der Waals surface area contributed by atoms with Gasteiger partial charge in [0.2, 0.25) is 5.91 Å². The summed E-state index contributed by atoms with van der Waals surface area (Å²) >= 11 is 0. The largest absolute Gasteiger partial charge is 0.342 e. The Bertz CT molecular complexity index is 1380. The van der Waals surface area contributed by atoms with Crippen LogP contribution in [0.3, 0.4) is 0 Å². The van der Waals surface area contributed by atoms with Crippen molar-refractivity contribution in [1.29, 1.82) is 0 Å². The number of halogens is 1. The molecule has 1 aromatic heterocycles. The van der Waals surface area contributed by atoms with Crippen molar-refractivity contribution in [2.45, 2.75) is 32.1 Å². The molecule has 2 fully saturated rings. The van der Waals surface area contributed by atoms with E-state index in [0.717, 1.165) is 65.9 Å². The first-order valence-corrected chi connectivity index (χ1v) is 12.1. The number of likely N-dealkylation sites (tertiary alicyclic amines) is 1. The van der Waals surface area contributed by atoms with Crippen LogP contribution < -0.4 is 0 Å². The Morgan fingerprint density at radius 1 is 0.912 bits per heavy atom. The average Bonchev–Trinajstić information content (AvgIpc) is 3.49. The van der Waals surface area contributed by atoms with Crippen LogP contribution in [0.1, 0.15) is 36.3 Å². The molecule has 34 heavy (non-hydrogen) atoms. The number of hydrogen-bond acceptors (Lipinski definition) is 2. The summed E-state index contributed by atoms with van der Waals surface area (Å²) in [6.45, 7) is 3.86. The number of nitrogens with zero attached hydrogens (tertiary/aromatic N) is 3. The smallest absolute Gasteiger partial charge is 0.225 e. The SMILES string of the molecule is Cc1c(C2CCN(C(=O)C3CC3)C2)ccc2c1nc(-c1ccc(-c3ccc(F)cc3)cc1)n2C. The third-order valence-electron chi connectivity index (χ3n) is 7.54. The molecule has 1 amide bonds. The van der Waals surface area contributed by atoms with Crippen LogP contribution >= 0.6 is 0 Å². The molecule has 6 rings (SSSR count). The van der Waals surface area contributed by atoms with Gasteiger partial charge in [-0.05, 0) is 66.6 Å². The first-order chi connectivity index (χ1) is 16.5. The molecular weight excluding hydrogens is 425 g/mol. The third-order valence-corrected chi connectivity index (χ3v) is 7.54. The molecule has 0 spiro atoms. The quantitative estimate of drug-likeness (QED) is 0.376. The van der Waals surface area contributed by atoms with Gasteiger partial charge >= 0.3 is 0 Å². The van der Waals surface area contributed by atoms with E-state index >= 15 is 0 Å². The zero-order chi connectivity index (χ0) is 23.4. The Balaban J connectivity index is 1.30. The minimum atomic E-state index is -0.227. The van der Waals surface area contributed by atoms with Gasteiger partial charge in [0.15, 0.2) is 0 Å². The van der Waals surface area contributed by atoms with Crippen LogP contribution in [0.15, 0.2) is 60.7 Å². The summed E-state index contributed by atoms with van der Waals surface area (Å²) in [5.74, 6) is 1.72. The summed E-state index contributed by atoms with van der Waals surface area (Å²) in [6.07, 6.45) is 3.15. The Morgan fingerprint density at radius 2 is 1.56 bits per heavy atom. The summed E-state index contributed by atoms with van der Waals surface area (Å²) in [5, 5.41) is 0. The van der Waals surface area contributed by atoms with Crippen LogP contribution in [0.5, 0.6) is 0 Å². The zero-order valence-corrected chi connectivity index (χ0v) is 19.6. The zero-order valence-electron chi connectivity index (χ0n) is 19.6. The predicted molar refractivity (Wildman–Crippen MR) is 133 cm³/mol.